The van der Waals surface area contributed by atoms with E-state index in [0.717, 1.165) is 48.3 Å². The Morgan fingerprint density at radius 1 is 1.16 bits per heavy atom. The average Bonchev–Trinajstić information content (AvgIpc) is 3.07. The van der Waals surface area contributed by atoms with Crippen LogP contribution < -0.4 is 10.1 Å². The fourth-order valence-corrected chi connectivity index (χ4v) is 3.42. The van der Waals surface area contributed by atoms with Crippen molar-refractivity contribution in [3.63, 3.8) is 0 Å². The molecule has 0 aliphatic heterocycles. The predicted molar refractivity (Wildman–Crippen MR) is 96.9 cm³/mol. The molecular formula is C19H22N4O2. The smallest absolute Gasteiger partial charge is 0.213 e. The van der Waals surface area contributed by atoms with Crippen molar-refractivity contribution in [3.8, 4) is 17.1 Å². The molecule has 3 heterocycles. The Kier molecular flexibility index (Phi) is 4.28. The van der Waals surface area contributed by atoms with Gasteiger partial charge in [-0.05, 0) is 43.9 Å². The van der Waals surface area contributed by atoms with Crippen molar-refractivity contribution in [2.45, 2.75) is 37.8 Å². The summed E-state index contributed by atoms with van der Waals surface area (Å²) in [6, 6.07) is 8.35. The summed E-state index contributed by atoms with van der Waals surface area (Å²) in [5.74, 6) is 0.586. The van der Waals surface area contributed by atoms with Crippen LogP contribution in [0.3, 0.4) is 0 Å². The van der Waals surface area contributed by atoms with E-state index in [-0.39, 0.29) is 6.10 Å². The normalized spacial score (nSPS) is 20.6. The number of imidazole rings is 1. The molecule has 1 aliphatic rings. The lowest BCUT2D eigenvalue weighted by molar-refractivity contribution is 0.126. The summed E-state index contributed by atoms with van der Waals surface area (Å²) in [5, 5.41) is 13.2. The first-order chi connectivity index (χ1) is 12.2. The van der Waals surface area contributed by atoms with Crippen LogP contribution in [0.5, 0.6) is 5.88 Å². The van der Waals surface area contributed by atoms with E-state index in [2.05, 4.69) is 31.9 Å². The Labute approximate surface area is 146 Å². The van der Waals surface area contributed by atoms with E-state index in [1.807, 2.05) is 24.4 Å². The zero-order chi connectivity index (χ0) is 17.2. The first-order valence-corrected chi connectivity index (χ1v) is 8.65. The number of aromatic nitrogens is 3. The van der Waals surface area contributed by atoms with Crippen LogP contribution in [0.1, 0.15) is 25.7 Å². The Hall–Kier alpha value is -2.60. The molecule has 1 aliphatic carbocycles. The maximum Gasteiger partial charge on any atom is 0.213 e. The number of ether oxygens (including phenoxy) is 1. The Morgan fingerprint density at radius 2 is 2.00 bits per heavy atom. The largest absolute Gasteiger partial charge is 0.481 e. The van der Waals surface area contributed by atoms with Gasteiger partial charge in [0.1, 0.15) is 5.65 Å². The number of rotatable bonds is 4. The maximum absolute atomic E-state index is 9.66. The van der Waals surface area contributed by atoms with Gasteiger partial charge in [-0.2, -0.15) is 0 Å². The van der Waals surface area contributed by atoms with Crippen LogP contribution in [0.15, 0.2) is 42.9 Å². The molecule has 0 atom stereocenters. The van der Waals surface area contributed by atoms with Gasteiger partial charge in [0.25, 0.3) is 0 Å². The van der Waals surface area contributed by atoms with Crippen LogP contribution in [0.2, 0.25) is 0 Å². The van der Waals surface area contributed by atoms with E-state index >= 15 is 0 Å². The van der Waals surface area contributed by atoms with Crippen molar-refractivity contribution >= 4 is 11.3 Å². The predicted octanol–water partition coefficient (Wildman–Crippen LogP) is 3.12. The summed E-state index contributed by atoms with van der Waals surface area (Å²) in [6.45, 7) is 0. The van der Waals surface area contributed by atoms with Crippen LogP contribution in [-0.4, -0.2) is 38.7 Å². The quantitative estimate of drug-likeness (QED) is 0.765. The van der Waals surface area contributed by atoms with Gasteiger partial charge in [0.15, 0.2) is 0 Å². The number of pyridine rings is 2. The number of aliphatic hydroxyl groups excluding tert-OH is 1. The van der Waals surface area contributed by atoms with Gasteiger partial charge >= 0.3 is 0 Å². The molecule has 3 aromatic rings. The second-order valence-corrected chi connectivity index (χ2v) is 6.53. The highest BCUT2D eigenvalue weighted by molar-refractivity contribution is 5.66. The van der Waals surface area contributed by atoms with Gasteiger partial charge in [0.2, 0.25) is 5.88 Å². The molecule has 25 heavy (non-hydrogen) atoms. The molecule has 2 N–H and O–H groups in total. The van der Waals surface area contributed by atoms with Gasteiger partial charge in [-0.1, -0.05) is 0 Å². The van der Waals surface area contributed by atoms with Gasteiger partial charge < -0.3 is 15.2 Å². The number of fused-ring (bicyclic) bond motifs is 1. The lowest BCUT2D eigenvalue weighted by Crippen LogP contribution is -2.28. The summed E-state index contributed by atoms with van der Waals surface area (Å²) in [6.07, 6.45) is 9.28. The topological polar surface area (TPSA) is 71.7 Å². The van der Waals surface area contributed by atoms with Crippen LogP contribution in [0.4, 0.5) is 5.69 Å². The maximum atomic E-state index is 9.66. The summed E-state index contributed by atoms with van der Waals surface area (Å²) < 4.78 is 7.30. The highest BCUT2D eigenvalue weighted by atomic mass is 16.5. The molecule has 4 rings (SSSR count). The molecule has 0 amide bonds. The fourth-order valence-electron chi connectivity index (χ4n) is 3.42. The summed E-state index contributed by atoms with van der Waals surface area (Å²) in [5.41, 5.74) is 3.97. The zero-order valence-electron chi connectivity index (χ0n) is 14.2. The lowest BCUT2D eigenvalue weighted by atomic mass is 9.93. The Balaban J connectivity index is 1.63. The fraction of sp³-hybridized carbons (Fsp3) is 0.368. The van der Waals surface area contributed by atoms with Gasteiger partial charge in [0, 0.05) is 30.1 Å². The molecular weight excluding hydrogens is 316 g/mol. The molecule has 1 saturated carbocycles. The molecule has 130 valence electrons. The van der Waals surface area contributed by atoms with Gasteiger partial charge in [-0.25, -0.2) is 9.97 Å². The summed E-state index contributed by atoms with van der Waals surface area (Å²) >= 11 is 0. The highest BCUT2D eigenvalue weighted by Gasteiger charge is 2.19. The average molecular weight is 338 g/mol. The molecule has 6 nitrogen and oxygen atoms in total. The van der Waals surface area contributed by atoms with Gasteiger partial charge in [-0.15, -0.1) is 0 Å². The van der Waals surface area contributed by atoms with Crippen molar-refractivity contribution in [1.82, 2.24) is 14.4 Å². The molecule has 0 spiro atoms. The van der Waals surface area contributed by atoms with Crippen molar-refractivity contribution in [3.05, 3.63) is 42.9 Å². The first-order valence-electron chi connectivity index (χ1n) is 8.65. The number of nitrogens with zero attached hydrogens (tertiary/aromatic N) is 3. The minimum atomic E-state index is -0.137. The number of anilines is 1. The zero-order valence-corrected chi connectivity index (χ0v) is 14.2. The van der Waals surface area contributed by atoms with E-state index in [9.17, 15) is 5.11 Å². The standard InChI is InChI=1S/C19H22N4O2/c1-25-19-10-13(8-9-20-19)17-11-21-18-7-4-15(12-23(17)18)22-14-2-5-16(24)6-3-14/h4,7-12,14,16,22,24H,2-3,5-6H2,1H3. The first kappa shape index (κ1) is 15.9. The van der Waals surface area contributed by atoms with Crippen LogP contribution in [0, 0.1) is 0 Å². The van der Waals surface area contributed by atoms with Crippen molar-refractivity contribution in [1.29, 1.82) is 0 Å². The van der Waals surface area contributed by atoms with E-state index in [1.165, 1.54) is 0 Å². The molecule has 0 bridgehead atoms. The van der Waals surface area contributed by atoms with Crippen molar-refractivity contribution < 1.29 is 9.84 Å². The molecule has 0 aromatic carbocycles. The van der Waals surface area contributed by atoms with E-state index in [0.29, 0.717) is 11.9 Å². The summed E-state index contributed by atoms with van der Waals surface area (Å²) in [7, 11) is 1.61. The van der Waals surface area contributed by atoms with E-state index < -0.39 is 0 Å². The minimum Gasteiger partial charge on any atom is -0.481 e. The van der Waals surface area contributed by atoms with Crippen molar-refractivity contribution in [2.24, 2.45) is 0 Å². The molecule has 3 aromatic heterocycles. The third-order valence-corrected chi connectivity index (χ3v) is 4.81. The number of methoxy groups -OCH3 is 1. The molecule has 0 saturated heterocycles. The third-order valence-electron chi connectivity index (χ3n) is 4.81. The van der Waals surface area contributed by atoms with Crippen LogP contribution in [-0.2, 0) is 0 Å². The molecule has 1 fully saturated rings. The number of hydrogen-bond acceptors (Lipinski definition) is 5. The highest BCUT2D eigenvalue weighted by Crippen LogP contribution is 2.26. The monoisotopic (exact) mass is 338 g/mol. The third kappa shape index (κ3) is 3.30. The van der Waals surface area contributed by atoms with Crippen molar-refractivity contribution in [2.75, 3.05) is 12.4 Å². The second-order valence-electron chi connectivity index (χ2n) is 6.53. The van der Waals surface area contributed by atoms with E-state index in [4.69, 9.17) is 4.74 Å². The van der Waals surface area contributed by atoms with Gasteiger partial charge in [-0.3, -0.25) is 4.40 Å². The van der Waals surface area contributed by atoms with E-state index in [1.54, 1.807) is 13.3 Å². The number of hydrogen-bond donors (Lipinski definition) is 2. The SMILES string of the molecule is COc1cc(-c2cnc3ccc(NC4CCC(O)CC4)cn23)ccn1. The van der Waals surface area contributed by atoms with Crippen LogP contribution in [0.25, 0.3) is 16.9 Å². The molecule has 0 unspecified atom stereocenters. The number of nitrogens with one attached hydrogen (secondary N) is 1. The van der Waals surface area contributed by atoms with Gasteiger partial charge in [0.05, 0.1) is 30.8 Å². The second kappa shape index (κ2) is 6.72. The molecule has 0 radical (unpaired) electrons. The minimum absolute atomic E-state index is 0.137. The Morgan fingerprint density at radius 3 is 2.80 bits per heavy atom. The molecule has 6 heteroatoms. The lowest BCUT2D eigenvalue weighted by Gasteiger charge is -2.27. The summed E-state index contributed by atoms with van der Waals surface area (Å²) in [4.78, 5) is 8.65. The Bertz CT molecular complexity index is 869. The van der Waals surface area contributed by atoms with Crippen LogP contribution >= 0.6 is 0 Å². The number of aliphatic hydroxyl groups is 1.